The number of nitrogens with zero attached hydrogens (tertiary/aromatic N) is 2. The molecule has 68 heavy (non-hydrogen) atoms. The van der Waals surface area contributed by atoms with Crippen LogP contribution in [0, 0.1) is 17.8 Å². The fraction of sp³-hybridized carbons (Fsp3) is 0.800. The van der Waals surface area contributed by atoms with Gasteiger partial charge in [0.2, 0.25) is 0 Å². The summed E-state index contributed by atoms with van der Waals surface area (Å²) in [5.41, 5.74) is 0. The molecule has 0 spiro atoms. The van der Waals surface area contributed by atoms with Crippen molar-refractivity contribution in [3.8, 4) is 0 Å². The van der Waals surface area contributed by atoms with Crippen molar-refractivity contribution in [2.75, 3.05) is 35.3 Å². The lowest BCUT2D eigenvalue weighted by atomic mass is 9.82. The van der Waals surface area contributed by atoms with Gasteiger partial charge >= 0.3 is 17.9 Å². The molecule has 4 rings (SSSR count). The molecule has 0 aromatic heterocycles. The molecule has 2 saturated heterocycles. The molecule has 0 bridgehead atoms. The van der Waals surface area contributed by atoms with E-state index in [0.717, 1.165) is 12.7 Å². The smallest absolute Gasteiger partial charge is 0.311 e. The average Bonchev–Trinajstić information content (AvgIpc) is 3.24. The van der Waals surface area contributed by atoms with Gasteiger partial charge in [0.15, 0.2) is 24.6 Å². The van der Waals surface area contributed by atoms with E-state index in [1.165, 1.54) is 7.11 Å². The molecule has 388 valence electrons. The first-order valence-electron chi connectivity index (χ1n) is 24.4. The van der Waals surface area contributed by atoms with Gasteiger partial charge in [-0.05, 0) is 92.9 Å². The molecule has 4 aliphatic rings. The molecular formula is C50H82N2O16. The fourth-order valence-electron chi connectivity index (χ4n) is 9.59. The number of carbonyl (C=O) groups is 4. The Hall–Kier alpha value is -3.30. The van der Waals surface area contributed by atoms with Gasteiger partial charge in [-0.3, -0.25) is 14.4 Å². The van der Waals surface area contributed by atoms with Crippen molar-refractivity contribution in [1.29, 1.82) is 0 Å². The predicted molar refractivity (Wildman–Crippen MR) is 250 cm³/mol. The van der Waals surface area contributed by atoms with E-state index in [1.807, 2.05) is 66.1 Å². The summed E-state index contributed by atoms with van der Waals surface area (Å²) < 4.78 is 62.5. The molecular weight excluding hydrogens is 885 g/mol. The second-order valence-electron chi connectivity index (χ2n) is 19.6. The maximum absolute atomic E-state index is 13.6. The number of hydrogen-bond acceptors (Lipinski definition) is 18. The normalized spacial score (nSPS) is 38.0. The number of aliphatic hydroxyl groups excluding tert-OH is 2. The van der Waals surface area contributed by atoms with E-state index in [1.54, 1.807) is 46.7 Å². The minimum Gasteiger partial charge on any atom is -0.508 e. The molecule has 2 N–H and O–H groups in total. The Bertz CT molecular complexity index is 1700. The zero-order valence-electron chi connectivity index (χ0n) is 42.6. The van der Waals surface area contributed by atoms with Gasteiger partial charge in [0, 0.05) is 38.8 Å². The lowest BCUT2D eigenvalue weighted by Gasteiger charge is -2.49. The van der Waals surface area contributed by atoms with Gasteiger partial charge in [-0.25, -0.2) is 0 Å². The lowest BCUT2D eigenvalue weighted by Crippen LogP contribution is -2.65. The van der Waals surface area contributed by atoms with E-state index in [0.29, 0.717) is 19.3 Å². The van der Waals surface area contributed by atoms with Crippen molar-refractivity contribution in [1.82, 2.24) is 9.80 Å². The SMILES string of the molecule is CCC(=O)OC1CC(=O)OC(C)C/C=C/C=C/C(OC2CCC(N(C)C)C(C)O2)C(C)CC(CC=O)C(OC2OC(C)C(OC3CC(O)=C(OC(=O)CC(C)C)C(C)O3)C(N(C)C)C2O)C1OC. The standard InChI is InChI=1S/C50H82N2O16/c1-14-39(55)64-38-27-41(57)60-30(5)18-16-15-17-19-37(65-42-21-20-35(51(9)10)31(6)61-42)29(4)25-34(22-23-53)48(49(38)59-13)68-50-45(58)44(52(11)12)47(33(8)63-50)67-43-26-36(54)46(32(7)62-43)66-40(56)24-28(2)3/h15-17,19,23,28-35,37-38,42-45,47-50,54,58H,14,18,20-22,24-27H2,1-13H3/b16-15+,19-17+. The van der Waals surface area contributed by atoms with Crippen LogP contribution < -0.4 is 0 Å². The average molecular weight is 967 g/mol. The number of hydrogen-bond donors (Lipinski definition) is 2. The van der Waals surface area contributed by atoms with E-state index in [2.05, 4.69) is 4.90 Å². The van der Waals surface area contributed by atoms with Crippen LogP contribution in [0.15, 0.2) is 35.8 Å². The van der Waals surface area contributed by atoms with Gasteiger partial charge < -0.3 is 72.2 Å². The summed E-state index contributed by atoms with van der Waals surface area (Å²) in [4.78, 5) is 55.8. The van der Waals surface area contributed by atoms with Crippen LogP contribution in [0.25, 0.3) is 0 Å². The largest absolute Gasteiger partial charge is 0.508 e. The molecule has 4 aliphatic heterocycles. The van der Waals surface area contributed by atoms with Gasteiger partial charge in [0.25, 0.3) is 0 Å². The van der Waals surface area contributed by atoms with Crippen LogP contribution in [0.2, 0.25) is 0 Å². The number of methoxy groups -OCH3 is 1. The van der Waals surface area contributed by atoms with E-state index in [4.69, 9.17) is 47.4 Å². The van der Waals surface area contributed by atoms with Crippen molar-refractivity contribution in [3.63, 3.8) is 0 Å². The first-order chi connectivity index (χ1) is 32.2. The van der Waals surface area contributed by atoms with Crippen LogP contribution in [0.4, 0.5) is 0 Å². The maximum Gasteiger partial charge on any atom is 0.311 e. The third kappa shape index (κ3) is 16.4. The summed E-state index contributed by atoms with van der Waals surface area (Å²) in [6, 6.07) is -0.556. The molecule has 18 nitrogen and oxygen atoms in total. The molecule has 0 saturated carbocycles. The summed E-state index contributed by atoms with van der Waals surface area (Å²) in [7, 11) is 9.01. The highest BCUT2D eigenvalue weighted by Crippen LogP contribution is 2.37. The highest BCUT2D eigenvalue weighted by atomic mass is 16.7. The van der Waals surface area contributed by atoms with Crippen molar-refractivity contribution >= 4 is 24.2 Å². The Balaban J connectivity index is 1.71. The summed E-state index contributed by atoms with van der Waals surface area (Å²) in [5.74, 6) is -2.76. The number of allylic oxidation sites excluding steroid dienone is 2. The van der Waals surface area contributed by atoms with Crippen molar-refractivity contribution in [3.05, 3.63) is 35.8 Å². The van der Waals surface area contributed by atoms with Crippen LogP contribution in [0.5, 0.6) is 0 Å². The molecule has 17 unspecified atom stereocenters. The molecule has 0 radical (unpaired) electrons. The zero-order valence-corrected chi connectivity index (χ0v) is 42.6. The van der Waals surface area contributed by atoms with Gasteiger partial charge in [-0.2, -0.15) is 0 Å². The number of aldehydes is 1. The number of carbonyl (C=O) groups excluding carboxylic acids is 4. The topological polar surface area (TPSA) is 208 Å². The molecule has 17 atom stereocenters. The van der Waals surface area contributed by atoms with Crippen molar-refractivity contribution < 1.29 is 76.8 Å². The third-order valence-corrected chi connectivity index (χ3v) is 13.1. The van der Waals surface area contributed by atoms with E-state index < -0.39 is 110 Å². The minimum absolute atomic E-state index is 0.00151. The van der Waals surface area contributed by atoms with Gasteiger partial charge in [-0.15, -0.1) is 0 Å². The first-order valence-corrected chi connectivity index (χ1v) is 24.4. The molecule has 2 fully saturated rings. The minimum atomic E-state index is -1.40. The number of cyclic esters (lactones) is 1. The molecule has 18 heteroatoms. The van der Waals surface area contributed by atoms with Crippen molar-refractivity contribution in [2.45, 2.75) is 205 Å². The van der Waals surface area contributed by atoms with Gasteiger partial charge in [0.05, 0.1) is 43.3 Å². The Morgan fingerprint density at radius 2 is 1.60 bits per heavy atom. The second-order valence-corrected chi connectivity index (χ2v) is 19.6. The summed E-state index contributed by atoms with van der Waals surface area (Å²) in [6.07, 6.45) is -1.06. The highest BCUT2D eigenvalue weighted by molar-refractivity contribution is 5.73. The maximum atomic E-state index is 13.6. The van der Waals surface area contributed by atoms with E-state index in [-0.39, 0.29) is 61.2 Å². The number of rotatable bonds is 16. The van der Waals surface area contributed by atoms with E-state index in [9.17, 15) is 29.4 Å². The number of likely N-dealkylation sites (N-methyl/N-ethyl adjacent to an activating group) is 2. The van der Waals surface area contributed by atoms with E-state index >= 15 is 0 Å². The van der Waals surface area contributed by atoms with Crippen LogP contribution in [0.3, 0.4) is 0 Å². The molecule has 0 aromatic carbocycles. The zero-order chi connectivity index (χ0) is 50.4. The Morgan fingerprint density at radius 1 is 0.882 bits per heavy atom. The van der Waals surface area contributed by atoms with Gasteiger partial charge in [-0.1, -0.05) is 52.0 Å². The first kappa shape index (κ1) is 57.3. The van der Waals surface area contributed by atoms with Crippen LogP contribution in [0.1, 0.15) is 113 Å². The molecule has 0 amide bonds. The van der Waals surface area contributed by atoms with Gasteiger partial charge in [0.1, 0.15) is 48.7 Å². The van der Waals surface area contributed by atoms with Crippen molar-refractivity contribution in [2.24, 2.45) is 17.8 Å². The number of esters is 3. The quantitative estimate of drug-likeness (QED) is 0.111. The summed E-state index contributed by atoms with van der Waals surface area (Å²) >= 11 is 0. The number of aliphatic hydroxyl groups is 2. The van der Waals surface area contributed by atoms with Crippen LogP contribution in [-0.2, 0) is 66.5 Å². The fourth-order valence-corrected chi connectivity index (χ4v) is 9.59. The summed E-state index contributed by atoms with van der Waals surface area (Å²) in [5, 5.41) is 23.3. The Kier molecular flexibility index (Phi) is 23.0. The second kappa shape index (κ2) is 27.3. The predicted octanol–water partition coefficient (Wildman–Crippen LogP) is 5.53. The highest BCUT2D eigenvalue weighted by Gasteiger charge is 2.51. The Labute approximate surface area is 403 Å². The third-order valence-electron chi connectivity index (χ3n) is 13.1. The monoisotopic (exact) mass is 967 g/mol. The Morgan fingerprint density at radius 3 is 2.21 bits per heavy atom. The van der Waals surface area contributed by atoms with Crippen LogP contribution >= 0.6 is 0 Å². The molecule has 4 heterocycles. The number of ether oxygens (including phenoxy) is 10. The lowest BCUT2D eigenvalue weighted by molar-refractivity contribution is -0.331. The molecule has 0 aromatic rings. The summed E-state index contributed by atoms with van der Waals surface area (Å²) in [6.45, 7) is 14.6. The van der Waals surface area contributed by atoms with Crippen LogP contribution in [-0.4, -0.2) is 172 Å². The molecule has 0 aliphatic carbocycles.